The highest BCUT2D eigenvalue weighted by atomic mass is 32.1. The average Bonchev–Trinajstić information content (AvgIpc) is 3.36. The van der Waals surface area contributed by atoms with E-state index in [4.69, 9.17) is 0 Å². The minimum absolute atomic E-state index is 0.0220. The number of anilines is 1. The van der Waals surface area contributed by atoms with E-state index in [0.29, 0.717) is 33.8 Å². The van der Waals surface area contributed by atoms with Gasteiger partial charge >= 0.3 is 0 Å². The SMILES string of the molecule is CC1CC2CC(C1)CC(C)(NC(=O)CCNC(=O)c1ccc(C(=O)Nc3nc(-c4ccccn4)cs3)cc1)C2. The number of hydrogen-bond donors (Lipinski definition) is 3. The summed E-state index contributed by atoms with van der Waals surface area (Å²) in [4.78, 5) is 46.6. The van der Waals surface area contributed by atoms with Gasteiger partial charge in [-0.15, -0.1) is 11.3 Å². The van der Waals surface area contributed by atoms with E-state index >= 15 is 0 Å². The molecule has 8 nitrogen and oxygen atoms in total. The zero-order valence-electron chi connectivity index (χ0n) is 22.4. The first kappa shape index (κ1) is 27.0. The van der Waals surface area contributed by atoms with Crippen molar-refractivity contribution in [2.45, 2.75) is 57.9 Å². The Morgan fingerprint density at radius 1 is 0.949 bits per heavy atom. The summed E-state index contributed by atoms with van der Waals surface area (Å²) in [6, 6.07) is 12.0. The molecule has 9 heteroatoms. The van der Waals surface area contributed by atoms with Crippen molar-refractivity contribution in [1.82, 2.24) is 20.6 Å². The van der Waals surface area contributed by atoms with Crippen LogP contribution < -0.4 is 16.0 Å². The molecule has 3 aromatic rings. The maximum atomic E-state index is 12.7. The van der Waals surface area contributed by atoms with Crippen LogP contribution in [0, 0.1) is 17.8 Å². The zero-order valence-corrected chi connectivity index (χ0v) is 23.2. The van der Waals surface area contributed by atoms with Crippen LogP contribution in [0.3, 0.4) is 0 Å². The summed E-state index contributed by atoms with van der Waals surface area (Å²) in [5, 5.41) is 11.2. The van der Waals surface area contributed by atoms with Gasteiger partial charge in [0.15, 0.2) is 5.13 Å². The van der Waals surface area contributed by atoms with E-state index in [0.717, 1.165) is 24.5 Å². The molecule has 2 saturated carbocycles. The van der Waals surface area contributed by atoms with Gasteiger partial charge < -0.3 is 10.6 Å². The average molecular weight is 546 g/mol. The molecule has 2 atom stereocenters. The van der Waals surface area contributed by atoms with E-state index in [-0.39, 0.29) is 36.2 Å². The van der Waals surface area contributed by atoms with E-state index in [1.165, 1.54) is 30.6 Å². The first-order valence-electron chi connectivity index (χ1n) is 13.6. The number of carbonyl (C=O) groups is 3. The minimum atomic E-state index is -0.310. The largest absolute Gasteiger partial charge is 0.352 e. The smallest absolute Gasteiger partial charge is 0.257 e. The molecule has 0 aliphatic heterocycles. The molecule has 2 heterocycles. The molecule has 2 aliphatic rings. The van der Waals surface area contributed by atoms with Crippen LogP contribution >= 0.6 is 11.3 Å². The molecule has 3 N–H and O–H groups in total. The summed E-state index contributed by atoms with van der Waals surface area (Å²) in [5.41, 5.74) is 2.13. The number of hydrogen-bond acceptors (Lipinski definition) is 6. The van der Waals surface area contributed by atoms with Crippen molar-refractivity contribution in [2.24, 2.45) is 17.8 Å². The second kappa shape index (κ2) is 11.7. The minimum Gasteiger partial charge on any atom is -0.352 e. The van der Waals surface area contributed by atoms with Crippen molar-refractivity contribution >= 4 is 34.2 Å². The van der Waals surface area contributed by atoms with Gasteiger partial charge in [0.25, 0.3) is 11.8 Å². The fourth-order valence-corrected chi connectivity index (χ4v) is 7.09. The number of carbonyl (C=O) groups excluding carboxylic acids is 3. The Hall–Kier alpha value is -3.59. The van der Waals surface area contributed by atoms with Crippen molar-refractivity contribution in [3.05, 3.63) is 65.2 Å². The third kappa shape index (κ3) is 6.89. The van der Waals surface area contributed by atoms with Gasteiger partial charge in [-0.05, 0) is 93.2 Å². The van der Waals surface area contributed by atoms with Crippen molar-refractivity contribution < 1.29 is 14.4 Å². The van der Waals surface area contributed by atoms with Gasteiger partial charge in [0, 0.05) is 41.2 Å². The highest BCUT2D eigenvalue weighted by Gasteiger charge is 2.41. The van der Waals surface area contributed by atoms with Gasteiger partial charge in [-0.1, -0.05) is 13.0 Å². The molecule has 5 rings (SSSR count). The molecule has 0 saturated heterocycles. The monoisotopic (exact) mass is 545 g/mol. The number of amides is 3. The normalized spacial score (nSPS) is 24.0. The van der Waals surface area contributed by atoms with Gasteiger partial charge in [-0.3, -0.25) is 24.7 Å². The lowest BCUT2D eigenvalue weighted by molar-refractivity contribution is -0.123. The summed E-state index contributed by atoms with van der Waals surface area (Å²) in [6.45, 7) is 4.77. The van der Waals surface area contributed by atoms with E-state index in [1.54, 1.807) is 30.5 Å². The van der Waals surface area contributed by atoms with Gasteiger partial charge in [-0.2, -0.15) is 0 Å². The van der Waals surface area contributed by atoms with Gasteiger partial charge in [0.05, 0.1) is 5.69 Å². The lowest BCUT2D eigenvalue weighted by Gasteiger charge is -2.47. The van der Waals surface area contributed by atoms with Crippen LogP contribution in [0.2, 0.25) is 0 Å². The molecule has 2 fully saturated rings. The fraction of sp³-hybridized carbons (Fsp3) is 0.433. The van der Waals surface area contributed by atoms with Crippen LogP contribution in [-0.2, 0) is 4.79 Å². The molecular formula is C30H35N5O3S. The Kier molecular flexibility index (Phi) is 8.07. The van der Waals surface area contributed by atoms with Gasteiger partial charge in [0.1, 0.15) is 5.69 Å². The van der Waals surface area contributed by atoms with Crippen LogP contribution in [0.4, 0.5) is 5.13 Å². The van der Waals surface area contributed by atoms with Crippen LogP contribution in [-0.4, -0.2) is 39.8 Å². The molecule has 0 spiro atoms. The van der Waals surface area contributed by atoms with E-state index in [9.17, 15) is 14.4 Å². The first-order chi connectivity index (χ1) is 18.8. The lowest BCUT2D eigenvalue weighted by atomic mass is 9.62. The van der Waals surface area contributed by atoms with E-state index in [1.807, 2.05) is 23.6 Å². The standard InChI is InChI=1S/C30H35N5O3S/c1-19-13-20-15-21(14-19)17-30(2,16-20)35-26(36)10-12-32-27(37)22-6-8-23(9-7-22)28(38)34-29-33-25(18-39-29)24-5-3-4-11-31-24/h3-9,11,18-21H,10,12-17H2,1-2H3,(H,32,37)(H,35,36)(H,33,34,38). The number of fused-ring (bicyclic) bond motifs is 2. The number of pyridine rings is 1. The molecular weight excluding hydrogens is 510 g/mol. The Bertz CT molecular complexity index is 1310. The highest BCUT2D eigenvalue weighted by molar-refractivity contribution is 7.14. The molecule has 39 heavy (non-hydrogen) atoms. The molecule has 2 aliphatic carbocycles. The highest BCUT2D eigenvalue weighted by Crippen LogP contribution is 2.46. The second-order valence-corrected chi connectivity index (χ2v) is 12.2. The van der Waals surface area contributed by atoms with Crippen molar-refractivity contribution in [3.63, 3.8) is 0 Å². The zero-order chi connectivity index (χ0) is 27.4. The topological polar surface area (TPSA) is 113 Å². The Morgan fingerprint density at radius 2 is 1.64 bits per heavy atom. The summed E-state index contributed by atoms with van der Waals surface area (Å²) in [7, 11) is 0. The lowest BCUT2D eigenvalue weighted by Crippen LogP contribution is -2.52. The first-order valence-corrected chi connectivity index (χ1v) is 14.5. The van der Waals surface area contributed by atoms with Crippen LogP contribution in [0.25, 0.3) is 11.4 Å². The summed E-state index contributed by atoms with van der Waals surface area (Å²) in [6.07, 6.45) is 7.83. The summed E-state index contributed by atoms with van der Waals surface area (Å²) < 4.78 is 0. The molecule has 1 aromatic carbocycles. The number of nitrogens with zero attached hydrogens (tertiary/aromatic N) is 2. The van der Waals surface area contributed by atoms with Crippen molar-refractivity contribution in [3.8, 4) is 11.4 Å². The van der Waals surface area contributed by atoms with Crippen LogP contribution in [0.1, 0.15) is 73.1 Å². The second-order valence-electron chi connectivity index (χ2n) is 11.4. The maximum absolute atomic E-state index is 12.7. The number of nitrogens with one attached hydrogen (secondary N) is 3. The summed E-state index contributed by atoms with van der Waals surface area (Å²) in [5.74, 6) is 1.58. The molecule has 2 unspecified atom stereocenters. The third-order valence-corrected chi connectivity index (χ3v) is 8.51. The molecule has 2 bridgehead atoms. The van der Waals surface area contributed by atoms with E-state index in [2.05, 4.69) is 39.8 Å². The molecule has 204 valence electrons. The van der Waals surface area contributed by atoms with Gasteiger partial charge in [-0.25, -0.2) is 4.98 Å². The Balaban J connectivity index is 1.07. The van der Waals surface area contributed by atoms with Crippen molar-refractivity contribution in [1.29, 1.82) is 0 Å². The molecule has 0 radical (unpaired) electrons. The number of aromatic nitrogens is 2. The fourth-order valence-electron chi connectivity index (χ4n) is 6.39. The van der Waals surface area contributed by atoms with E-state index < -0.39 is 0 Å². The van der Waals surface area contributed by atoms with Crippen LogP contribution in [0.15, 0.2) is 54.0 Å². The maximum Gasteiger partial charge on any atom is 0.257 e. The number of thiazole rings is 1. The van der Waals surface area contributed by atoms with Crippen LogP contribution in [0.5, 0.6) is 0 Å². The Morgan fingerprint density at radius 3 is 2.31 bits per heavy atom. The van der Waals surface area contributed by atoms with Crippen molar-refractivity contribution in [2.75, 3.05) is 11.9 Å². The number of rotatable bonds is 8. The predicted octanol–water partition coefficient (Wildman–Crippen LogP) is 5.30. The molecule has 3 amide bonds. The quantitative estimate of drug-likeness (QED) is 0.356. The predicted molar refractivity (Wildman–Crippen MR) is 152 cm³/mol. The number of benzene rings is 1. The summed E-state index contributed by atoms with van der Waals surface area (Å²) >= 11 is 1.32. The Labute approximate surface area is 233 Å². The molecule has 2 aromatic heterocycles. The van der Waals surface area contributed by atoms with Gasteiger partial charge in [0.2, 0.25) is 5.91 Å². The third-order valence-electron chi connectivity index (χ3n) is 7.76.